The summed E-state index contributed by atoms with van der Waals surface area (Å²) < 4.78 is 8.09. The van der Waals surface area contributed by atoms with Crippen molar-refractivity contribution < 1.29 is 4.74 Å². The van der Waals surface area contributed by atoms with Crippen molar-refractivity contribution in [2.45, 2.75) is 44.6 Å². The molecule has 0 N–H and O–H groups in total. The minimum atomic E-state index is 0.217. The molecule has 1 aliphatic carbocycles. The Kier molecular flexibility index (Phi) is 4.89. The number of halogens is 1. The van der Waals surface area contributed by atoms with Crippen LogP contribution in [0.2, 0.25) is 5.02 Å². The summed E-state index contributed by atoms with van der Waals surface area (Å²) in [7, 11) is 0. The Bertz CT molecular complexity index is 873. The molecule has 3 aromatic rings. The zero-order valence-electron chi connectivity index (χ0n) is 14.7. The van der Waals surface area contributed by atoms with Gasteiger partial charge in [0.05, 0.1) is 5.69 Å². The molecule has 0 spiro atoms. The molecular formula is C20H21ClN4O. The highest BCUT2D eigenvalue weighted by Gasteiger charge is 2.27. The van der Waals surface area contributed by atoms with Gasteiger partial charge in [0.1, 0.15) is 18.3 Å². The van der Waals surface area contributed by atoms with Crippen LogP contribution in [0.25, 0.3) is 5.69 Å². The third kappa shape index (κ3) is 3.58. The molecule has 1 aliphatic rings. The van der Waals surface area contributed by atoms with E-state index >= 15 is 0 Å². The molecular weight excluding hydrogens is 348 g/mol. The van der Waals surface area contributed by atoms with Crippen molar-refractivity contribution in [3.63, 3.8) is 0 Å². The van der Waals surface area contributed by atoms with Gasteiger partial charge < -0.3 is 4.74 Å². The highest BCUT2D eigenvalue weighted by atomic mass is 35.5. The van der Waals surface area contributed by atoms with E-state index in [2.05, 4.69) is 26.7 Å². The molecule has 0 amide bonds. The van der Waals surface area contributed by atoms with E-state index in [0.29, 0.717) is 11.8 Å². The van der Waals surface area contributed by atoms with Gasteiger partial charge >= 0.3 is 0 Å². The van der Waals surface area contributed by atoms with Crippen LogP contribution in [0.4, 0.5) is 0 Å². The Balaban J connectivity index is 1.46. The van der Waals surface area contributed by atoms with E-state index in [1.807, 2.05) is 36.4 Å². The van der Waals surface area contributed by atoms with Crippen LogP contribution in [0.15, 0.2) is 48.9 Å². The molecule has 1 aromatic carbocycles. The summed E-state index contributed by atoms with van der Waals surface area (Å²) in [5, 5.41) is 9.32. The molecule has 2 heterocycles. The van der Waals surface area contributed by atoms with Gasteiger partial charge in [-0.2, -0.15) is 0 Å². The number of aryl methyl sites for hydroxylation is 1. The first-order valence-corrected chi connectivity index (χ1v) is 9.32. The maximum atomic E-state index is 6.09. The third-order valence-corrected chi connectivity index (χ3v) is 5.19. The largest absolute Gasteiger partial charge is 0.474 e. The topological polar surface area (TPSA) is 52.8 Å². The Labute approximate surface area is 158 Å². The number of pyridine rings is 1. The molecule has 26 heavy (non-hydrogen) atoms. The van der Waals surface area contributed by atoms with Gasteiger partial charge in [0.15, 0.2) is 0 Å². The average Bonchev–Trinajstić information content (AvgIpc) is 3.13. The van der Waals surface area contributed by atoms with Crippen LogP contribution >= 0.6 is 11.6 Å². The van der Waals surface area contributed by atoms with Crippen molar-refractivity contribution in [1.29, 1.82) is 0 Å². The predicted molar refractivity (Wildman–Crippen MR) is 101 cm³/mol. The number of benzene rings is 1. The SMILES string of the molecule is Cc1cc(Cl)ccc1-n1cnnc1[C@H]1CC[C@H](Oc2ccccn2)CC1. The maximum Gasteiger partial charge on any atom is 0.213 e. The van der Waals surface area contributed by atoms with Crippen LogP contribution in [0, 0.1) is 6.92 Å². The first-order valence-electron chi connectivity index (χ1n) is 8.95. The minimum Gasteiger partial charge on any atom is -0.474 e. The standard InChI is InChI=1S/C20H21ClN4O/c1-14-12-16(21)7-10-18(14)25-13-23-24-20(25)15-5-8-17(9-6-15)26-19-4-2-3-11-22-19/h2-4,7,10-13,15,17H,5-6,8-9H2,1H3/t15-,17-. The first kappa shape index (κ1) is 17.0. The lowest BCUT2D eigenvalue weighted by molar-refractivity contribution is 0.139. The van der Waals surface area contributed by atoms with Crippen molar-refractivity contribution in [3.8, 4) is 11.6 Å². The molecule has 2 aromatic heterocycles. The fraction of sp³-hybridized carbons (Fsp3) is 0.350. The summed E-state index contributed by atoms with van der Waals surface area (Å²) >= 11 is 6.09. The summed E-state index contributed by atoms with van der Waals surface area (Å²) in [5.74, 6) is 2.11. The van der Waals surface area contributed by atoms with Crippen LogP contribution in [0.5, 0.6) is 5.88 Å². The number of aromatic nitrogens is 4. The first-order chi connectivity index (χ1) is 12.7. The highest BCUT2D eigenvalue weighted by molar-refractivity contribution is 6.30. The Morgan fingerprint density at radius 2 is 1.96 bits per heavy atom. The van der Waals surface area contributed by atoms with Gasteiger partial charge in [-0.05, 0) is 62.4 Å². The molecule has 4 rings (SSSR count). The number of ether oxygens (including phenoxy) is 1. The van der Waals surface area contributed by atoms with E-state index in [1.54, 1.807) is 12.5 Å². The van der Waals surface area contributed by atoms with E-state index in [0.717, 1.165) is 47.8 Å². The van der Waals surface area contributed by atoms with Crippen molar-refractivity contribution in [2.75, 3.05) is 0 Å². The van der Waals surface area contributed by atoms with E-state index in [4.69, 9.17) is 16.3 Å². The summed E-state index contributed by atoms with van der Waals surface area (Å²) in [6.45, 7) is 2.06. The zero-order chi connectivity index (χ0) is 17.9. The lowest BCUT2D eigenvalue weighted by Gasteiger charge is -2.28. The zero-order valence-corrected chi connectivity index (χ0v) is 15.4. The van der Waals surface area contributed by atoms with Crippen molar-refractivity contribution >= 4 is 11.6 Å². The van der Waals surface area contributed by atoms with E-state index in [-0.39, 0.29) is 6.10 Å². The van der Waals surface area contributed by atoms with Gasteiger partial charge in [-0.15, -0.1) is 10.2 Å². The van der Waals surface area contributed by atoms with Crippen LogP contribution < -0.4 is 4.74 Å². The molecule has 0 unspecified atom stereocenters. The fourth-order valence-corrected chi connectivity index (χ4v) is 3.85. The molecule has 134 valence electrons. The minimum absolute atomic E-state index is 0.217. The van der Waals surface area contributed by atoms with Crippen LogP contribution in [-0.4, -0.2) is 25.9 Å². The highest BCUT2D eigenvalue weighted by Crippen LogP contribution is 2.34. The number of nitrogens with zero attached hydrogens (tertiary/aromatic N) is 4. The van der Waals surface area contributed by atoms with Gasteiger partial charge in [-0.3, -0.25) is 4.57 Å². The van der Waals surface area contributed by atoms with Crippen molar-refractivity contribution in [2.24, 2.45) is 0 Å². The lowest BCUT2D eigenvalue weighted by atomic mass is 9.86. The normalized spacial score (nSPS) is 20.1. The average molecular weight is 369 g/mol. The Morgan fingerprint density at radius 3 is 2.69 bits per heavy atom. The van der Waals surface area contributed by atoms with Crippen LogP contribution in [0.3, 0.4) is 0 Å². The summed E-state index contributed by atoms with van der Waals surface area (Å²) in [5.41, 5.74) is 2.20. The molecule has 5 nitrogen and oxygen atoms in total. The van der Waals surface area contributed by atoms with Gasteiger partial charge in [-0.25, -0.2) is 4.98 Å². The van der Waals surface area contributed by atoms with Gasteiger partial charge in [0.2, 0.25) is 5.88 Å². The molecule has 0 radical (unpaired) electrons. The van der Waals surface area contributed by atoms with E-state index < -0.39 is 0 Å². The third-order valence-electron chi connectivity index (χ3n) is 4.96. The molecule has 0 atom stereocenters. The predicted octanol–water partition coefficient (Wildman–Crippen LogP) is 4.73. The number of rotatable bonds is 4. The Morgan fingerprint density at radius 1 is 1.12 bits per heavy atom. The fourth-order valence-electron chi connectivity index (χ4n) is 3.62. The molecule has 1 saturated carbocycles. The maximum absolute atomic E-state index is 6.09. The van der Waals surface area contributed by atoms with Crippen LogP contribution in [-0.2, 0) is 0 Å². The lowest BCUT2D eigenvalue weighted by Crippen LogP contribution is -2.25. The van der Waals surface area contributed by atoms with E-state index in [1.165, 1.54) is 0 Å². The van der Waals surface area contributed by atoms with Gasteiger partial charge in [0.25, 0.3) is 0 Å². The second-order valence-electron chi connectivity index (χ2n) is 6.75. The molecule has 1 fully saturated rings. The summed E-state index contributed by atoms with van der Waals surface area (Å²) in [6.07, 6.45) is 7.82. The quantitative estimate of drug-likeness (QED) is 0.668. The molecule has 0 bridgehead atoms. The van der Waals surface area contributed by atoms with Crippen molar-refractivity contribution in [3.05, 3.63) is 65.3 Å². The second kappa shape index (κ2) is 7.46. The Hall–Kier alpha value is -2.40. The smallest absolute Gasteiger partial charge is 0.213 e. The van der Waals surface area contributed by atoms with Gasteiger partial charge in [-0.1, -0.05) is 17.7 Å². The summed E-state index contributed by atoms with van der Waals surface area (Å²) in [6, 6.07) is 11.7. The molecule has 6 heteroatoms. The molecule has 0 saturated heterocycles. The van der Waals surface area contributed by atoms with Crippen LogP contribution in [0.1, 0.15) is 43.0 Å². The monoisotopic (exact) mass is 368 g/mol. The number of hydrogen-bond acceptors (Lipinski definition) is 4. The second-order valence-corrected chi connectivity index (χ2v) is 7.19. The number of hydrogen-bond donors (Lipinski definition) is 0. The van der Waals surface area contributed by atoms with Crippen molar-refractivity contribution in [1.82, 2.24) is 19.7 Å². The van der Waals surface area contributed by atoms with E-state index in [9.17, 15) is 0 Å². The molecule has 0 aliphatic heterocycles. The van der Waals surface area contributed by atoms with Gasteiger partial charge in [0, 0.05) is 23.2 Å². The summed E-state index contributed by atoms with van der Waals surface area (Å²) in [4.78, 5) is 4.25.